The summed E-state index contributed by atoms with van der Waals surface area (Å²) in [7, 11) is 1.68. The van der Waals surface area contributed by atoms with Gasteiger partial charge in [0.05, 0.1) is 13.8 Å². The first kappa shape index (κ1) is 19.1. The molecule has 0 radical (unpaired) electrons. The van der Waals surface area contributed by atoms with E-state index in [1.165, 1.54) is 25.7 Å². The number of hydrogen-bond donors (Lipinski definition) is 0. The number of nitrogens with zero attached hydrogens (tertiary/aromatic N) is 4. The largest absolute Gasteiger partial charge is 0.497 e. The van der Waals surface area contributed by atoms with Crippen molar-refractivity contribution in [3.8, 4) is 17.1 Å². The maximum Gasteiger partial charge on any atom is 0.199 e. The first-order valence-electron chi connectivity index (χ1n) is 9.63. The van der Waals surface area contributed by atoms with E-state index in [1.807, 2.05) is 16.8 Å². The second kappa shape index (κ2) is 8.35. The summed E-state index contributed by atoms with van der Waals surface area (Å²) >= 11 is 5.79. The van der Waals surface area contributed by atoms with E-state index in [0.717, 1.165) is 35.1 Å². The molecule has 0 saturated carbocycles. The Balaban J connectivity index is 1.95. The third kappa shape index (κ3) is 3.86. The average molecular weight is 375 g/mol. The third-order valence-corrected chi connectivity index (χ3v) is 5.68. The second-order valence-electron chi connectivity index (χ2n) is 7.31. The number of methoxy groups -OCH3 is 1. The molecule has 1 aliphatic rings. The van der Waals surface area contributed by atoms with Crippen molar-refractivity contribution in [1.29, 1.82) is 0 Å². The Morgan fingerprint density at radius 2 is 1.96 bits per heavy atom. The van der Waals surface area contributed by atoms with Crippen molar-refractivity contribution in [3.63, 3.8) is 0 Å². The van der Waals surface area contributed by atoms with Gasteiger partial charge in [-0.15, -0.1) is 0 Å². The predicted octanol–water partition coefficient (Wildman–Crippen LogP) is 4.89. The van der Waals surface area contributed by atoms with Gasteiger partial charge in [-0.05, 0) is 69.6 Å². The van der Waals surface area contributed by atoms with Gasteiger partial charge in [-0.1, -0.05) is 13.3 Å². The molecule has 1 aliphatic heterocycles. The minimum atomic E-state index is 0.261. The third-order valence-electron chi connectivity index (χ3n) is 5.27. The van der Waals surface area contributed by atoms with Crippen LogP contribution in [0.4, 0.5) is 0 Å². The first-order chi connectivity index (χ1) is 12.5. The number of rotatable bonds is 6. The van der Waals surface area contributed by atoms with Crippen molar-refractivity contribution in [2.75, 3.05) is 13.7 Å². The van der Waals surface area contributed by atoms with Gasteiger partial charge in [0.15, 0.2) is 10.6 Å². The van der Waals surface area contributed by atoms with Crippen LogP contribution in [-0.4, -0.2) is 38.9 Å². The Kier molecular flexibility index (Phi) is 6.14. The maximum absolute atomic E-state index is 5.79. The molecule has 1 aromatic carbocycles. The van der Waals surface area contributed by atoms with Gasteiger partial charge in [0.25, 0.3) is 0 Å². The summed E-state index contributed by atoms with van der Waals surface area (Å²) in [6, 6.07) is 8.94. The Hall–Kier alpha value is -1.66. The van der Waals surface area contributed by atoms with E-state index in [2.05, 4.69) is 42.4 Å². The van der Waals surface area contributed by atoms with E-state index in [0.29, 0.717) is 6.04 Å². The molecule has 0 N–H and O–H groups in total. The summed E-state index contributed by atoms with van der Waals surface area (Å²) in [6.07, 6.45) is 5.06. The van der Waals surface area contributed by atoms with Crippen LogP contribution in [0.25, 0.3) is 11.4 Å². The van der Waals surface area contributed by atoms with Crippen molar-refractivity contribution in [1.82, 2.24) is 19.2 Å². The van der Waals surface area contributed by atoms with Crippen LogP contribution in [0.5, 0.6) is 5.75 Å². The lowest BCUT2D eigenvalue weighted by Gasteiger charge is -2.34. The van der Waals surface area contributed by atoms with Crippen molar-refractivity contribution in [2.24, 2.45) is 0 Å². The molecule has 142 valence electrons. The van der Waals surface area contributed by atoms with Crippen molar-refractivity contribution in [2.45, 2.75) is 65.2 Å². The highest BCUT2D eigenvalue weighted by atomic mass is 32.1. The molecule has 3 rings (SSSR count). The van der Waals surface area contributed by atoms with E-state index in [9.17, 15) is 0 Å². The Morgan fingerprint density at radius 1 is 1.23 bits per heavy atom. The Bertz CT molecular complexity index is 778. The van der Waals surface area contributed by atoms with Gasteiger partial charge in [-0.2, -0.15) is 5.10 Å². The number of aromatic nitrogens is 3. The average Bonchev–Trinajstić information content (AvgIpc) is 2.99. The lowest BCUT2D eigenvalue weighted by atomic mass is 10.0. The van der Waals surface area contributed by atoms with E-state index in [-0.39, 0.29) is 6.04 Å². The fraction of sp³-hybridized carbons (Fsp3) is 0.600. The number of piperidine rings is 1. The van der Waals surface area contributed by atoms with Gasteiger partial charge in [0.2, 0.25) is 0 Å². The smallest absolute Gasteiger partial charge is 0.199 e. The number of hydrogen-bond acceptors (Lipinski definition) is 4. The molecule has 26 heavy (non-hydrogen) atoms. The summed E-state index contributed by atoms with van der Waals surface area (Å²) in [5.74, 6) is 1.78. The normalized spacial score (nSPS) is 18.4. The standard InChI is InChI=1S/C20H30N4OS/c1-5-17-8-6-7-13-22(17)14-23-20(26)24(15(2)3)19(21-23)16-9-11-18(25-4)12-10-16/h9-12,15,17H,5-8,13-14H2,1-4H3/t17-/m0/s1. The van der Waals surface area contributed by atoms with E-state index in [4.69, 9.17) is 22.1 Å². The molecule has 0 aliphatic carbocycles. The number of benzene rings is 1. The predicted molar refractivity (Wildman–Crippen MR) is 108 cm³/mol. The van der Waals surface area contributed by atoms with Gasteiger partial charge in [-0.25, -0.2) is 4.68 Å². The van der Waals surface area contributed by atoms with E-state index >= 15 is 0 Å². The molecule has 1 fully saturated rings. The zero-order chi connectivity index (χ0) is 18.7. The first-order valence-corrected chi connectivity index (χ1v) is 10.0. The highest BCUT2D eigenvalue weighted by Crippen LogP contribution is 2.26. The second-order valence-corrected chi connectivity index (χ2v) is 7.67. The van der Waals surface area contributed by atoms with Crippen LogP contribution in [0.3, 0.4) is 0 Å². The quantitative estimate of drug-likeness (QED) is 0.674. The summed E-state index contributed by atoms with van der Waals surface area (Å²) in [5.41, 5.74) is 1.06. The van der Waals surface area contributed by atoms with Crippen LogP contribution < -0.4 is 4.74 Å². The monoisotopic (exact) mass is 374 g/mol. The van der Waals surface area contributed by atoms with E-state index < -0.39 is 0 Å². The Labute approximate surface area is 161 Å². The molecule has 1 atom stereocenters. The molecule has 0 spiro atoms. The van der Waals surface area contributed by atoms with Gasteiger partial charge in [0.1, 0.15) is 5.75 Å². The van der Waals surface area contributed by atoms with Crippen molar-refractivity contribution < 1.29 is 4.74 Å². The van der Waals surface area contributed by atoms with Crippen LogP contribution in [0.2, 0.25) is 0 Å². The summed E-state index contributed by atoms with van der Waals surface area (Å²) in [5, 5.41) is 4.91. The molecular formula is C20H30N4OS. The molecule has 0 amide bonds. The molecule has 2 aromatic rings. The summed E-state index contributed by atoms with van der Waals surface area (Å²) in [6.45, 7) is 8.50. The van der Waals surface area contributed by atoms with Crippen LogP contribution in [-0.2, 0) is 6.67 Å². The minimum Gasteiger partial charge on any atom is -0.497 e. The number of ether oxygens (including phenoxy) is 1. The Morgan fingerprint density at radius 3 is 2.58 bits per heavy atom. The molecule has 0 bridgehead atoms. The zero-order valence-electron chi connectivity index (χ0n) is 16.3. The van der Waals surface area contributed by atoms with E-state index in [1.54, 1.807) is 7.11 Å². The highest BCUT2D eigenvalue weighted by molar-refractivity contribution is 7.71. The van der Waals surface area contributed by atoms with Gasteiger partial charge in [0, 0.05) is 24.2 Å². The SMILES string of the molecule is CC[C@H]1CCCCN1Cn1nc(-c2ccc(OC)cc2)n(C(C)C)c1=S. The fourth-order valence-corrected chi connectivity index (χ4v) is 4.19. The number of likely N-dealkylation sites (tertiary alicyclic amines) is 1. The molecule has 1 aromatic heterocycles. The van der Waals surface area contributed by atoms with Crippen LogP contribution in [0.15, 0.2) is 24.3 Å². The van der Waals surface area contributed by atoms with Gasteiger partial charge in [-0.3, -0.25) is 9.47 Å². The lowest BCUT2D eigenvalue weighted by Crippen LogP contribution is -2.40. The summed E-state index contributed by atoms with van der Waals surface area (Å²) in [4.78, 5) is 2.54. The van der Waals surface area contributed by atoms with Gasteiger partial charge < -0.3 is 4.74 Å². The highest BCUT2D eigenvalue weighted by Gasteiger charge is 2.23. The van der Waals surface area contributed by atoms with Crippen LogP contribution in [0, 0.1) is 4.77 Å². The van der Waals surface area contributed by atoms with Crippen LogP contribution in [0.1, 0.15) is 52.5 Å². The van der Waals surface area contributed by atoms with Gasteiger partial charge >= 0.3 is 0 Å². The molecular weight excluding hydrogens is 344 g/mol. The van der Waals surface area contributed by atoms with Crippen LogP contribution >= 0.6 is 12.2 Å². The molecule has 0 unspecified atom stereocenters. The lowest BCUT2D eigenvalue weighted by molar-refractivity contribution is 0.100. The zero-order valence-corrected chi connectivity index (χ0v) is 17.1. The van der Waals surface area contributed by atoms with Crippen molar-refractivity contribution >= 4 is 12.2 Å². The van der Waals surface area contributed by atoms with Crippen molar-refractivity contribution in [3.05, 3.63) is 29.0 Å². The maximum atomic E-state index is 5.79. The minimum absolute atomic E-state index is 0.261. The summed E-state index contributed by atoms with van der Waals surface area (Å²) < 4.78 is 10.2. The topological polar surface area (TPSA) is 35.2 Å². The molecule has 5 nitrogen and oxygen atoms in total. The molecule has 6 heteroatoms. The molecule has 2 heterocycles. The fourth-order valence-electron chi connectivity index (χ4n) is 3.80. The molecule has 1 saturated heterocycles.